The number of morpholine rings is 1. The van der Waals surface area contributed by atoms with E-state index in [0.29, 0.717) is 97.3 Å². The van der Waals surface area contributed by atoms with E-state index in [0.717, 1.165) is 132 Å². The Labute approximate surface area is 765 Å². The first-order valence-corrected chi connectivity index (χ1v) is 40.5. The third-order valence-electron chi connectivity index (χ3n) is 17.3. The van der Waals surface area contributed by atoms with Crippen LogP contribution in [-0.4, -0.2) is 231 Å². The summed E-state index contributed by atoms with van der Waals surface area (Å²) in [7, 11) is 8.17. The molecule has 8 rings (SSSR count). The number of nitrogens with two attached hydrogens (primary N) is 2. The summed E-state index contributed by atoms with van der Waals surface area (Å²) in [4.78, 5) is 115. The number of unbranched alkanes of at least 4 members (excludes halogenated alkanes) is 2. The van der Waals surface area contributed by atoms with Gasteiger partial charge in [-0.1, -0.05) is 224 Å². The number of amides is 4. The van der Waals surface area contributed by atoms with Crippen molar-refractivity contribution < 1.29 is 114 Å². The average molecular weight is 1820 g/mol. The fourth-order valence-corrected chi connectivity index (χ4v) is 10.9. The first-order chi connectivity index (χ1) is 58.2. The number of carbonyl (C=O) groups excluding carboxylic acids is 10. The Bertz CT molecular complexity index is 3490. The maximum Gasteiger partial charge on any atom is 0.415 e. The molecule has 3 heterocycles. The van der Waals surface area contributed by atoms with Gasteiger partial charge >= 0.3 is 60.2 Å². The van der Waals surface area contributed by atoms with Crippen molar-refractivity contribution in [1.29, 1.82) is 0 Å². The molecule has 5 unspecified atom stereocenters. The summed E-state index contributed by atoms with van der Waals surface area (Å²) in [5.41, 5.74) is 15.1. The highest BCUT2D eigenvalue weighted by atomic mass is 16.7. The molecule has 5 atom stereocenters. The van der Waals surface area contributed by atoms with Crippen LogP contribution >= 0.6 is 0 Å². The molecule has 33 nitrogen and oxygen atoms in total. The molecule has 3 aliphatic rings. The molecule has 0 bridgehead atoms. The largest absolute Gasteiger partial charge is 0.461 e. The van der Waals surface area contributed by atoms with Gasteiger partial charge in [0.05, 0.1) is 39.5 Å². The van der Waals surface area contributed by atoms with E-state index in [9.17, 15) is 47.9 Å². The normalized spacial score (nSPS) is 13.5. The molecule has 732 valence electrons. The molecule has 10 N–H and O–H groups in total. The summed E-state index contributed by atoms with van der Waals surface area (Å²) in [6, 6.07) is 46.1. The molecule has 0 saturated carbocycles. The summed E-state index contributed by atoms with van der Waals surface area (Å²) in [5.74, 6) is -1.68. The molecule has 0 radical (unpaired) electrons. The summed E-state index contributed by atoms with van der Waals surface area (Å²) < 4.78 is 68.7. The molecular formula is C95H163N9O24. The number of esters is 6. The van der Waals surface area contributed by atoms with Crippen LogP contribution in [0, 0.1) is 17.8 Å². The highest BCUT2D eigenvalue weighted by molar-refractivity contribution is 5.97. The van der Waals surface area contributed by atoms with Gasteiger partial charge in [-0.2, -0.15) is 0 Å². The van der Waals surface area contributed by atoms with Gasteiger partial charge < -0.3 is 110 Å². The average Bonchev–Trinajstić information content (AvgIpc) is 1.74. The molecule has 3 saturated heterocycles. The standard InChI is InChI=1S/C31H46N2O6.C15H18N2O5.C15H23NO3.C12H11NO5.C7H16N2O.C4H8O3.C3H9NO.8CH4/c1-36-20-19-32-22-29(21-30(34)38-24-26-11-5-3-6-12-26)17-16-28(23-37-2)15-9-10-18-33-31(35)39-25-27-13-7-4-8-14-27;18-13-12(17-15(20)22-13)8-4-5-9-16-14(19)21-10-11-6-2-1-3-7-11;1-13(11-16-8-9-18-2)10-15(17)19-12-14-6-4-3-5-7-14;14-10(6-9-11(15)18-12(16)13-9)17-7-8-4-2-1-3-5-8;8-2-1-3-9-4-6-10-7-5-9;1-4(5)7-3-6-2;1-5-3-2-4;;;;;;;;/h3-8,11-14,28-29,32H,9-10,15-25H2,1-2H3,(H,33,35);1-3,6-7,12H,4-5,8-10H2,(H,16,19)(H,17,20);3-7,13,16H,8-12H2,1-2H3;1-5,9H,6-7H2,(H,13,16);1-8H2;3H2,1-2H3;2-4H2,1H3;8*1H4. The zero-order valence-corrected chi connectivity index (χ0v) is 71.0. The molecule has 5 aromatic rings. The zero-order valence-electron chi connectivity index (χ0n) is 71.0. The van der Waals surface area contributed by atoms with Gasteiger partial charge in [-0.05, 0) is 123 Å². The Balaban J connectivity index is -0.000000286. The predicted molar refractivity (Wildman–Crippen MR) is 502 cm³/mol. The summed E-state index contributed by atoms with van der Waals surface area (Å²) in [6.45, 7) is 18.0. The number of carbonyl (C=O) groups is 10. The monoisotopic (exact) mass is 1810 g/mol. The van der Waals surface area contributed by atoms with Crippen LogP contribution in [0.4, 0.5) is 19.2 Å². The van der Waals surface area contributed by atoms with E-state index in [4.69, 9.17) is 54.1 Å². The topological polar surface area (TPSA) is 427 Å². The Morgan fingerprint density at radius 3 is 1.21 bits per heavy atom. The smallest absolute Gasteiger partial charge is 0.415 e. The quantitative estimate of drug-likeness (QED) is 0.00589. The summed E-state index contributed by atoms with van der Waals surface area (Å²) >= 11 is 0. The lowest BCUT2D eigenvalue weighted by Gasteiger charge is -2.26. The van der Waals surface area contributed by atoms with Crippen LogP contribution in [0.1, 0.15) is 178 Å². The Kier molecular flexibility index (Phi) is 91.1. The molecule has 5 aromatic carbocycles. The van der Waals surface area contributed by atoms with Crippen molar-refractivity contribution >= 4 is 60.2 Å². The number of nitrogens with one attached hydrogen (secondary N) is 6. The Morgan fingerprint density at radius 2 is 0.836 bits per heavy atom. The van der Waals surface area contributed by atoms with Gasteiger partial charge in [0.25, 0.3) is 0 Å². The van der Waals surface area contributed by atoms with Crippen LogP contribution in [0.2, 0.25) is 0 Å². The molecule has 3 aliphatic heterocycles. The highest BCUT2D eigenvalue weighted by Gasteiger charge is 2.35. The van der Waals surface area contributed by atoms with E-state index >= 15 is 0 Å². The highest BCUT2D eigenvalue weighted by Crippen LogP contribution is 2.22. The number of hydrogen-bond donors (Lipinski definition) is 8. The predicted octanol–water partition coefficient (Wildman–Crippen LogP) is 14.1. The lowest BCUT2D eigenvalue weighted by Crippen LogP contribution is -2.37. The SMILES string of the molecule is C.C.C.C.C.C.C.C.COCCN.COCCNCC(C)CC(=O)OCc1ccccc1.COCCNCC(CCC(CCCCNC(=O)OCc1ccccc1)COC)CC(=O)OCc1ccccc1.COCOC(C)=O.NCCCN1CCOCC1.O=C(CC1NC(=O)OC1=O)OCc1ccccc1.O=C(NCCCCC1NC(=O)OC1=O)OCc1ccccc1. The first kappa shape index (κ1) is 131. The van der Waals surface area contributed by atoms with Crippen molar-refractivity contribution in [2.45, 2.75) is 195 Å². The molecule has 0 aromatic heterocycles. The number of benzene rings is 5. The van der Waals surface area contributed by atoms with Gasteiger partial charge in [-0.3, -0.25) is 24.1 Å². The number of alkyl carbamates (subject to hydrolysis) is 4. The maximum atomic E-state index is 12.6. The molecule has 128 heavy (non-hydrogen) atoms. The molecule has 0 spiro atoms. The number of methoxy groups -OCH3 is 5. The third-order valence-corrected chi connectivity index (χ3v) is 17.3. The van der Waals surface area contributed by atoms with Crippen molar-refractivity contribution in [3.8, 4) is 0 Å². The minimum absolute atomic E-state index is 0. The van der Waals surface area contributed by atoms with Crippen LogP contribution < -0.4 is 43.4 Å². The second kappa shape index (κ2) is 89.0. The number of hydrogen-bond acceptors (Lipinski definition) is 29. The zero-order chi connectivity index (χ0) is 87.7. The number of nitrogens with zero attached hydrogens (tertiary/aromatic N) is 1. The van der Waals surface area contributed by atoms with Crippen LogP contribution in [0.5, 0.6) is 0 Å². The summed E-state index contributed by atoms with van der Waals surface area (Å²) in [6.07, 6.45) is 5.86. The maximum absolute atomic E-state index is 12.6. The number of cyclic esters (lactones) is 4. The lowest BCUT2D eigenvalue weighted by molar-refractivity contribution is -0.151. The summed E-state index contributed by atoms with van der Waals surface area (Å²) in [5, 5.41) is 16.7. The van der Waals surface area contributed by atoms with Gasteiger partial charge in [0.15, 0.2) is 6.79 Å². The molecular weight excluding hydrogens is 1650 g/mol. The van der Waals surface area contributed by atoms with Crippen molar-refractivity contribution in [2.24, 2.45) is 29.2 Å². The van der Waals surface area contributed by atoms with Crippen LogP contribution in [0.25, 0.3) is 0 Å². The second-order valence-electron chi connectivity index (χ2n) is 27.5. The van der Waals surface area contributed by atoms with Gasteiger partial charge in [-0.15, -0.1) is 0 Å². The minimum atomic E-state index is -0.944. The fourth-order valence-electron chi connectivity index (χ4n) is 10.9. The van der Waals surface area contributed by atoms with Crippen LogP contribution in [-0.2, 0) is 128 Å². The van der Waals surface area contributed by atoms with E-state index in [2.05, 4.69) is 60.5 Å². The van der Waals surface area contributed by atoms with Gasteiger partial charge in [-0.25, -0.2) is 28.8 Å². The number of rotatable bonds is 48. The number of ether oxygens (including phenoxy) is 14. The van der Waals surface area contributed by atoms with E-state index in [1.807, 2.05) is 159 Å². The molecule has 3 fully saturated rings. The van der Waals surface area contributed by atoms with E-state index < -0.39 is 54.4 Å². The van der Waals surface area contributed by atoms with Crippen LogP contribution in [0.15, 0.2) is 152 Å². The van der Waals surface area contributed by atoms with Crippen molar-refractivity contribution in [3.05, 3.63) is 179 Å². The Hall–Kier alpha value is -10.0. The molecule has 33 heteroatoms. The van der Waals surface area contributed by atoms with Crippen molar-refractivity contribution in [3.63, 3.8) is 0 Å². The van der Waals surface area contributed by atoms with Crippen molar-refractivity contribution in [1.82, 2.24) is 36.8 Å². The van der Waals surface area contributed by atoms with E-state index in [1.54, 1.807) is 28.4 Å². The third kappa shape index (κ3) is 72.9. The molecule has 0 aliphatic carbocycles. The fraction of sp³-hybridized carbons (Fsp3) is 0.579. The van der Waals surface area contributed by atoms with E-state index in [1.165, 1.54) is 14.0 Å². The van der Waals surface area contributed by atoms with Gasteiger partial charge in [0.1, 0.15) is 45.1 Å². The first-order valence-electron chi connectivity index (χ1n) is 40.5. The minimum Gasteiger partial charge on any atom is -0.461 e. The van der Waals surface area contributed by atoms with Crippen molar-refractivity contribution in [2.75, 3.05) is 154 Å². The second-order valence-corrected chi connectivity index (χ2v) is 27.5. The van der Waals surface area contributed by atoms with Gasteiger partial charge in [0, 0.05) is 108 Å². The molecule has 4 amide bonds. The van der Waals surface area contributed by atoms with E-state index in [-0.39, 0.29) is 122 Å². The lowest BCUT2D eigenvalue weighted by atomic mass is 9.90. The van der Waals surface area contributed by atoms with Crippen LogP contribution in [0.3, 0.4) is 0 Å². The van der Waals surface area contributed by atoms with Gasteiger partial charge in [0.2, 0.25) is 0 Å². The Morgan fingerprint density at radius 1 is 0.438 bits per heavy atom.